The monoisotopic (exact) mass is 335 g/mol. The Balaban J connectivity index is 2.14. The molecular formula is C12H18INO2. The van der Waals surface area contributed by atoms with Crippen molar-refractivity contribution in [2.45, 2.75) is 32.6 Å². The van der Waals surface area contributed by atoms with Gasteiger partial charge in [0.1, 0.15) is 0 Å². The Morgan fingerprint density at radius 2 is 2.12 bits per heavy atom. The highest BCUT2D eigenvalue weighted by Gasteiger charge is 2.10. The third-order valence-corrected chi connectivity index (χ3v) is 3.18. The molecule has 0 atom stereocenters. The lowest BCUT2D eigenvalue weighted by Gasteiger charge is -2.03. The lowest BCUT2D eigenvalue weighted by atomic mass is 10.2. The molecule has 4 heteroatoms. The van der Waals surface area contributed by atoms with Crippen molar-refractivity contribution in [2.24, 2.45) is 0 Å². The first kappa shape index (κ1) is 13.5. The number of rotatable bonds is 7. The summed E-state index contributed by atoms with van der Waals surface area (Å²) in [6.45, 7) is 2.61. The molecule has 90 valence electrons. The Kier molecular flexibility index (Phi) is 6.52. The zero-order chi connectivity index (χ0) is 11.8. The molecule has 1 N–H and O–H groups in total. The van der Waals surface area contributed by atoms with Crippen molar-refractivity contribution in [3.8, 4) is 0 Å². The van der Waals surface area contributed by atoms with Crippen LogP contribution >= 0.6 is 22.6 Å². The van der Waals surface area contributed by atoms with Gasteiger partial charge in [-0.3, -0.25) is 4.79 Å². The summed E-state index contributed by atoms with van der Waals surface area (Å²) in [5, 5.41) is 2.87. The lowest BCUT2D eigenvalue weighted by molar-refractivity contribution is 0.0924. The van der Waals surface area contributed by atoms with Crippen LogP contribution in [0.3, 0.4) is 0 Å². The Bertz CT molecular complexity index is 323. The van der Waals surface area contributed by atoms with Gasteiger partial charge in [0.15, 0.2) is 5.76 Å². The summed E-state index contributed by atoms with van der Waals surface area (Å²) >= 11 is 2.39. The van der Waals surface area contributed by atoms with Gasteiger partial charge >= 0.3 is 0 Å². The molecule has 1 amide bonds. The van der Waals surface area contributed by atoms with Gasteiger partial charge in [-0.25, -0.2) is 0 Å². The molecule has 0 aliphatic rings. The van der Waals surface area contributed by atoms with Crippen LogP contribution in [0.15, 0.2) is 16.7 Å². The molecule has 1 heterocycles. The fraction of sp³-hybridized carbons (Fsp3) is 0.583. The Labute approximate surface area is 110 Å². The number of alkyl halides is 1. The Morgan fingerprint density at radius 3 is 2.75 bits per heavy atom. The molecule has 3 nitrogen and oxygen atoms in total. The van der Waals surface area contributed by atoms with Crippen LogP contribution in [0.2, 0.25) is 0 Å². The van der Waals surface area contributed by atoms with Crippen molar-refractivity contribution in [2.75, 3.05) is 11.0 Å². The molecule has 0 radical (unpaired) electrons. The second kappa shape index (κ2) is 7.70. The van der Waals surface area contributed by atoms with E-state index < -0.39 is 0 Å². The first-order chi connectivity index (χ1) is 7.75. The number of carbonyl (C=O) groups is 1. The summed E-state index contributed by atoms with van der Waals surface area (Å²) in [5.41, 5.74) is 0.891. The van der Waals surface area contributed by atoms with Crippen molar-refractivity contribution in [1.29, 1.82) is 0 Å². The molecule has 0 bridgehead atoms. The van der Waals surface area contributed by atoms with Gasteiger partial charge in [0.05, 0.1) is 6.26 Å². The predicted molar refractivity (Wildman–Crippen MR) is 73.1 cm³/mol. The average molecular weight is 335 g/mol. The van der Waals surface area contributed by atoms with Gasteiger partial charge in [-0.05, 0) is 30.3 Å². The van der Waals surface area contributed by atoms with E-state index in [4.69, 9.17) is 4.42 Å². The van der Waals surface area contributed by atoms with E-state index in [-0.39, 0.29) is 5.91 Å². The minimum Gasteiger partial charge on any atom is -0.459 e. The Morgan fingerprint density at radius 1 is 1.38 bits per heavy atom. The third-order valence-electron chi connectivity index (χ3n) is 2.41. The summed E-state index contributed by atoms with van der Waals surface area (Å²) in [4.78, 5) is 11.6. The van der Waals surface area contributed by atoms with Crippen LogP contribution in [0, 0.1) is 6.92 Å². The summed E-state index contributed by atoms with van der Waals surface area (Å²) in [5.74, 6) is 0.337. The van der Waals surface area contributed by atoms with Crippen LogP contribution in [-0.4, -0.2) is 16.9 Å². The van der Waals surface area contributed by atoms with Gasteiger partial charge < -0.3 is 9.73 Å². The van der Waals surface area contributed by atoms with E-state index in [0.29, 0.717) is 5.76 Å². The van der Waals surface area contributed by atoms with Gasteiger partial charge in [0, 0.05) is 12.1 Å². The molecule has 16 heavy (non-hydrogen) atoms. The quantitative estimate of drug-likeness (QED) is 0.472. The second-order valence-corrected chi connectivity index (χ2v) is 4.87. The minimum absolute atomic E-state index is 0.101. The highest BCUT2D eigenvalue weighted by molar-refractivity contribution is 14.1. The predicted octanol–water partition coefficient (Wildman–Crippen LogP) is 3.31. The van der Waals surface area contributed by atoms with Crippen LogP contribution in [0.4, 0.5) is 0 Å². The highest BCUT2D eigenvalue weighted by atomic mass is 127. The number of amides is 1. The summed E-state index contributed by atoms with van der Waals surface area (Å²) in [6, 6.07) is 1.80. The SMILES string of the molecule is Cc1ccoc1C(=O)NCCCCCCI. The average Bonchev–Trinajstić information content (AvgIpc) is 2.69. The van der Waals surface area contributed by atoms with Gasteiger partial charge in [-0.2, -0.15) is 0 Å². The van der Waals surface area contributed by atoms with E-state index >= 15 is 0 Å². The molecule has 0 aliphatic carbocycles. The molecule has 0 aromatic carbocycles. The molecule has 0 aliphatic heterocycles. The van der Waals surface area contributed by atoms with Crippen molar-refractivity contribution >= 4 is 28.5 Å². The van der Waals surface area contributed by atoms with Crippen LogP contribution in [0.1, 0.15) is 41.8 Å². The van der Waals surface area contributed by atoms with Crippen LogP contribution in [-0.2, 0) is 0 Å². The number of carbonyl (C=O) groups excluding carboxylic acids is 1. The van der Waals surface area contributed by atoms with Gasteiger partial charge in [0.25, 0.3) is 5.91 Å². The maximum Gasteiger partial charge on any atom is 0.287 e. The molecule has 0 spiro atoms. The smallest absolute Gasteiger partial charge is 0.287 e. The van der Waals surface area contributed by atoms with Gasteiger partial charge in [0.2, 0.25) is 0 Å². The first-order valence-corrected chi connectivity index (χ1v) is 7.16. The number of hydrogen-bond donors (Lipinski definition) is 1. The number of furan rings is 1. The van der Waals surface area contributed by atoms with Crippen LogP contribution in [0.25, 0.3) is 0 Å². The van der Waals surface area contributed by atoms with E-state index in [1.807, 2.05) is 6.92 Å². The highest BCUT2D eigenvalue weighted by Crippen LogP contribution is 2.08. The molecule has 0 unspecified atom stereocenters. The molecule has 1 aromatic rings. The molecule has 0 saturated carbocycles. The normalized spacial score (nSPS) is 10.4. The second-order valence-electron chi connectivity index (χ2n) is 3.79. The molecule has 0 saturated heterocycles. The fourth-order valence-corrected chi connectivity index (χ4v) is 2.00. The fourth-order valence-electron chi connectivity index (χ4n) is 1.46. The molecular weight excluding hydrogens is 317 g/mol. The first-order valence-electron chi connectivity index (χ1n) is 5.64. The number of hydrogen-bond acceptors (Lipinski definition) is 2. The number of aryl methyl sites for hydroxylation is 1. The summed E-state index contributed by atoms with van der Waals surface area (Å²) < 4.78 is 6.33. The van der Waals surface area contributed by atoms with E-state index in [1.54, 1.807) is 12.3 Å². The Hall–Kier alpha value is -0.520. The number of nitrogens with one attached hydrogen (secondary N) is 1. The molecule has 1 aromatic heterocycles. The van der Waals surface area contributed by atoms with Crippen molar-refractivity contribution in [3.63, 3.8) is 0 Å². The lowest BCUT2D eigenvalue weighted by Crippen LogP contribution is -2.24. The largest absolute Gasteiger partial charge is 0.459 e. The van der Waals surface area contributed by atoms with E-state index in [9.17, 15) is 4.79 Å². The topological polar surface area (TPSA) is 42.2 Å². The summed E-state index contributed by atoms with van der Waals surface area (Å²) in [6.07, 6.45) is 6.29. The van der Waals surface area contributed by atoms with Crippen LogP contribution < -0.4 is 5.32 Å². The maximum atomic E-state index is 11.6. The third kappa shape index (κ3) is 4.55. The summed E-state index contributed by atoms with van der Waals surface area (Å²) in [7, 11) is 0. The van der Waals surface area contributed by atoms with Crippen molar-refractivity contribution < 1.29 is 9.21 Å². The van der Waals surface area contributed by atoms with E-state index in [1.165, 1.54) is 23.7 Å². The van der Waals surface area contributed by atoms with Crippen molar-refractivity contribution in [1.82, 2.24) is 5.32 Å². The van der Waals surface area contributed by atoms with Gasteiger partial charge in [-0.15, -0.1) is 0 Å². The van der Waals surface area contributed by atoms with E-state index in [0.717, 1.165) is 18.5 Å². The van der Waals surface area contributed by atoms with Gasteiger partial charge in [-0.1, -0.05) is 35.4 Å². The van der Waals surface area contributed by atoms with Crippen LogP contribution in [0.5, 0.6) is 0 Å². The maximum absolute atomic E-state index is 11.6. The van der Waals surface area contributed by atoms with Crippen molar-refractivity contribution in [3.05, 3.63) is 23.7 Å². The zero-order valence-corrected chi connectivity index (χ0v) is 11.7. The molecule has 0 fully saturated rings. The zero-order valence-electron chi connectivity index (χ0n) is 9.59. The standard InChI is InChI=1S/C12H18INO2/c1-10-6-9-16-11(10)12(15)14-8-5-3-2-4-7-13/h6,9H,2-5,7-8H2,1H3,(H,14,15). The number of halogens is 1. The van der Waals surface area contributed by atoms with E-state index in [2.05, 4.69) is 27.9 Å². The number of unbranched alkanes of at least 4 members (excludes halogenated alkanes) is 3. The minimum atomic E-state index is -0.101. The molecule has 1 rings (SSSR count).